The van der Waals surface area contributed by atoms with Gasteiger partial charge in [0.05, 0.1) is 29.3 Å². The highest BCUT2D eigenvalue weighted by molar-refractivity contribution is 5.91. The minimum Gasteiger partial charge on any atom is -0.481 e. The van der Waals surface area contributed by atoms with Crippen molar-refractivity contribution in [2.45, 2.75) is 20.3 Å². The van der Waals surface area contributed by atoms with Crippen molar-refractivity contribution < 1.29 is 19.4 Å². The number of aryl methyl sites for hydroxylation is 1. The molecule has 7 heteroatoms. The van der Waals surface area contributed by atoms with Crippen LogP contribution in [0.2, 0.25) is 0 Å². The summed E-state index contributed by atoms with van der Waals surface area (Å²) >= 11 is 0. The third-order valence-electron chi connectivity index (χ3n) is 3.65. The lowest BCUT2D eigenvalue weighted by Gasteiger charge is -2.19. The fraction of sp³-hybridized carbons (Fsp3) is 0.467. The van der Waals surface area contributed by atoms with E-state index in [0.717, 1.165) is 0 Å². The smallest absolute Gasteiger partial charge is 0.340 e. The number of aliphatic carboxylic acids is 1. The number of esters is 1. The van der Waals surface area contributed by atoms with Gasteiger partial charge in [-0.1, -0.05) is 0 Å². The largest absolute Gasteiger partial charge is 0.481 e. The second-order valence-electron chi connectivity index (χ2n) is 5.09. The Morgan fingerprint density at radius 3 is 2.86 bits per heavy atom. The van der Waals surface area contributed by atoms with Crippen LogP contribution in [0.3, 0.4) is 0 Å². The molecule has 1 aliphatic rings. The molecule has 7 nitrogen and oxygen atoms in total. The molecule has 2 heterocycles. The van der Waals surface area contributed by atoms with Crippen LogP contribution >= 0.6 is 0 Å². The summed E-state index contributed by atoms with van der Waals surface area (Å²) in [5.41, 5.74) is 0.974. The van der Waals surface area contributed by atoms with Crippen molar-refractivity contribution in [3.05, 3.63) is 22.9 Å². The van der Waals surface area contributed by atoms with Crippen LogP contribution in [0, 0.1) is 24.2 Å². The Morgan fingerprint density at radius 2 is 2.32 bits per heavy atom. The number of pyridine rings is 1. The zero-order valence-electron chi connectivity index (χ0n) is 12.5. The highest BCUT2D eigenvalue weighted by Gasteiger charge is 2.30. The van der Waals surface area contributed by atoms with Gasteiger partial charge >= 0.3 is 11.9 Å². The SMILES string of the molecule is CCOC(=O)c1cc(C#N)c(N2CCC(C(=O)O)C2)nc1C. The van der Waals surface area contributed by atoms with E-state index in [1.54, 1.807) is 18.7 Å². The number of carbonyl (C=O) groups is 2. The first-order valence-electron chi connectivity index (χ1n) is 7.04. The molecule has 0 spiro atoms. The molecule has 0 aromatic carbocycles. The normalized spacial score (nSPS) is 17.1. The number of anilines is 1. The number of ether oxygens (including phenoxy) is 1. The molecular weight excluding hydrogens is 286 g/mol. The fourth-order valence-corrected chi connectivity index (χ4v) is 2.49. The minimum absolute atomic E-state index is 0.244. The molecule has 0 saturated carbocycles. The average molecular weight is 303 g/mol. The summed E-state index contributed by atoms with van der Waals surface area (Å²) in [5, 5.41) is 18.4. The maximum Gasteiger partial charge on any atom is 0.340 e. The van der Waals surface area contributed by atoms with Crippen LogP contribution in [-0.2, 0) is 9.53 Å². The molecule has 1 aliphatic heterocycles. The molecule has 1 fully saturated rings. The van der Waals surface area contributed by atoms with Crippen molar-refractivity contribution in [1.82, 2.24) is 4.98 Å². The summed E-state index contributed by atoms with van der Waals surface area (Å²) in [6, 6.07) is 3.48. The zero-order valence-corrected chi connectivity index (χ0v) is 12.5. The Bertz CT molecular complexity index is 651. The van der Waals surface area contributed by atoms with Crippen LogP contribution in [0.15, 0.2) is 6.07 Å². The Labute approximate surface area is 128 Å². The Morgan fingerprint density at radius 1 is 1.59 bits per heavy atom. The van der Waals surface area contributed by atoms with Crippen molar-refractivity contribution in [3.63, 3.8) is 0 Å². The molecule has 1 saturated heterocycles. The number of rotatable bonds is 4. The second-order valence-corrected chi connectivity index (χ2v) is 5.09. The van der Waals surface area contributed by atoms with Gasteiger partial charge in [-0.2, -0.15) is 5.26 Å². The van der Waals surface area contributed by atoms with Crippen LogP contribution in [-0.4, -0.2) is 41.7 Å². The average Bonchev–Trinajstić information content (AvgIpc) is 2.97. The number of aromatic nitrogens is 1. The second kappa shape index (κ2) is 6.43. The molecule has 116 valence electrons. The number of nitrogens with zero attached hydrogens (tertiary/aromatic N) is 3. The first kappa shape index (κ1) is 15.8. The summed E-state index contributed by atoms with van der Waals surface area (Å²) in [4.78, 5) is 29.0. The molecule has 0 bridgehead atoms. The maximum atomic E-state index is 11.8. The molecular formula is C15H17N3O4. The molecule has 1 aromatic heterocycles. The number of carboxylic acids is 1. The van der Waals surface area contributed by atoms with Crippen molar-refractivity contribution in [2.24, 2.45) is 5.92 Å². The van der Waals surface area contributed by atoms with Gasteiger partial charge in [0.25, 0.3) is 0 Å². The number of nitriles is 1. The predicted molar refractivity (Wildman–Crippen MR) is 77.6 cm³/mol. The Hall–Kier alpha value is -2.62. The van der Waals surface area contributed by atoms with Gasteiger partial charge < -0.3 is 14.7 Å². The van der Waals surface area contributed by atoms with E-state index < -0.39 is 17.9 Å². The molecule has 1 aromatic rings. The van der Waals surface area contributed by atoms with Crippen LogP contribution < -0.4 is 4.90 Å². The lowest BCUT2D eigenvalue weighted by atomic mass is 10.1. The minimum atomic E-state index is -0.846. The molecule has 1 atom stereocenters. The van der Waals surface area contributed by atoms with E-state index in [0.29, 0.717) is 31.0 Å². The van der Waals surface area contributed by atoms with Crippen molar-refractivity contribution in [2.75, 3.05) is 24.6 Å². The van der Waals surface area contributed by atoms with Crippen LogP contribution in [0.1, 0.15) is 35.0 Å². The van der Waals surface area contributed by atoms with Crippen LogP contribution in [0.4, 0.5) is 5.82 Å². The highest BCUT2D eigenvalue weighted by Crippen LogP contribution is 2.27. The third kappa shape index (κ3) is 3.01. The van der Waals surface area contributed by atoms with Gasteiger partial charge in [-0.15, -0.1) is 0 Å². The predicted octanol–water partition coefficient (Wildman–Crippen LogP) is 1.35. The van der Waals surface area contributed by atoms with Gasteiger partial charge in [0.15, 0.2) is 0 Å². The number of hydrogen-bond acceptors (Lipinski definition) is 6. The lowest BCUT2D eigenvalue weighted by Crippen LogP contribution is -2.25. The van der Waals surface area contributed by atoms with E-state index in [9.17, 15) is 14.9 Å². The van der Waals surface area contributed by atoms with E-state index in [2.05, 4.69) is 4.98 Å². The summed E-state index contributed by atoms with van der Waals surface area (Å²) in [5.74, 6) is -1.39. The van der Waals surface area contributed by atoms with Crippen LogP contribution in [0.25, 0.3) is 0 Å². The fourth-order valence-electron chi connectivity index (χ4n) is 2.49. The zero-order chi connectivity index (χ0) is 16.3. The summed E-state index contributed by atoms with van der Waals surface area (Å²) in [6.07, 6.45) is 0.514. The summed E-state index contributed by atoms with van der Waals surface area (Å²) in [6.45, 7) is 4.46. The summed E-state index contributed by atoms with van der Waals surface area (Å²) in [7, 11) is 0. The number of carbonyl (C=O) groups excluding carboxylic acids is 1. The summed E-state index contributed by atoms with van der Waals surface area (Å²) < 4.78 is 4.94. The molecule has 0 aliphatic carbocycles. The molecule has 2 rings (SSSR count). The van der Waals surface area contributed by atoms with Gasteiger partial charge in [-0.05, 0) is 26.3 Å². The molecule has 22 heavy (non-hydrogen) atoms. The highest BCUT2D eigenvalue weighted by atomic mass is 16.5. The van der Waals surface area contributed by atoms with E-state index in [-0.39, 0.29) is 17.7 Å². The molecule has 1 unspecified atom stereocenters. The first-order chi connectivity index (χ1) is 10.5. The van der Waals surface area contributed by atoms with E-state index >= 15 is 0 Å². The van der Waals surface area contributed by atoms with Crippen molar-refractivity contribution in [1.29, 1.82) is 5.26 Å². The Balaban J connectivity index is 2.34. The van der Waals surface area contributed by atoms with Gasteiger partial charge in [0.1, 0.15) is 11.9 Å². The van der Waals surface area contributed by atoms with Gasteiger partial charge in [-0.25, -0.2) is 9.78 Å². The topological polar surface area (TPSA) is 104 Å². The van der Waals surface area contributed by atoms with Crippen LogP contribution in [0.5, 0.6) is 0 Å². The molecule has 0 amide bonds. The molecule has 1 N–H and O–H groups in total. The standard InChI is InChI=1S/C15H17N3O4/c1-3-22-15(21)12-6-11(7-16)13(17-9(12)2)18-5-4-10(8-18)14(19)20/h6,10H,3-5,8H2,1-2H3,(H,19,20). The van der Waals surface area contributed by atoms with E-state index in [4.69, 9.17) is 9.84 Å². The van der Waals surface area contributed by atoms with Gasteiger partial charge in [0, 0.05) is 13.1 Å². The monoisotopic (exact) mass is 303 g/mol. The van der Waals surface area contributed by atoms with Crippen molar-refractivity contribution in [3.8, 4) is 6.07 Å². The van der Waals surface area contributed by atoms with Gasteiger partial charge in [-0.3, -0.25) is 4.79 Å². The number of hydrogen-bond donors (Lipinski definition) is 1. The quantitative estimate of drug-likeness (QED) is 0.837. The van der Waals surface area contributed by atoms with E-state index in [1.807, 2.05) is 6.07 Å². The van der Waals surface area contributed by atoms with E-state index in [1.165, 1.54) is 6.07 Å². The van der Waals surface area contributed by atoms with Crippen molar-refractivity contribution >= 4 is 17.8 Å². The lowest BCUT2D eigenvalue weighted by molar-refractivity contribution is -0.140. The number of carboxylic acid groups (broad SMARTS) is 1. The molecule has 0 radical (unpaired) electrons. The third-order valence-corrected chi connectivity index (χ3v) is 3.65. The Kier molecular flexibility index (Phi) is 4.61. The van der Waals surface area contributed by atoms with Gasteiger partial charge in [0.2, 0.25) is 0 Å². The first-order valence-corrected chi connectivity index (χ1v) is 7.04. The maximum absolute atomic E-state index is 11.8.